The summed E-state index contributed by atoms with van der Waals surface area (Å²) in [6.45, 7) is 2.04. The van der Waals surface area contributed by atoms with Crippen molar-refractivity contribution in [3.63, 3.8) is 0 Å². The van der Waals surface area contributed by atoms with Gasteiger partial charge in [0.25, 0.3) is 5.91 Å². The number of carbonyl (C=O) groups excluding carboxylic acids is 1. The third kappa shape index (κ3) is 3.85. The van der Waals surface area contributed by atoms with E-state index in [1.165, 1.54) is 11.3 Å². The molecule has 1 N–H and O–H groups in total. The molecule has 0 saturated heterocycles. The molecule has 0 saturated carbocycles. The Labute approximate surface area is 143 Å². The highest BCUT2D eigenvalue weighted by Crippen LogP contribution is 2.32. The number of hydrogen-bond acceptors (Lipinski definition) is 2. The van der Waals surface area contributed by atoms with Gasteiger partial charge in [0, 0.05) is 5.02 Å². The van der Waals surface area contributed by atoms with Gasteiger partial charge in [-0.2, -0.15) is 0 Å². The lowest BCUT2D eigenvalue weighted by Crippen LogP contribution is -2.28. The molecule has 1 unspecified atom stereocenters. The maximum absolute atomic E-state index is 12.3. The second-order valence-electron chi connectivity index (χ2n) is 4.22. The second-order valence-corrected chi connectivity index (χ2v) is 8.41. The van der Waals surface area contributed by atoms with Crippen LogP contribution in [0.25, 0.3) is 0 Å². The van der Waals surface area contributed by atoms with Gasteiger partial charge in [-0.1, -0.05) is 30.7 Å². The first kappa shape index (κ1) is 16.0. The molecule has 0 aliphatic heterocycles. The third-order valence-electron chi connectivity index (χ3n) is 2.89. The van der Waals surface area contributed by atoms with Crippen LogP contribution in [0, 0.1) is 0 Å². The summed E-state index contributed by atoms with van der Waals surface area (Å²) in [6.07, 6.45) is 0.816. The Morgan fingerprint density at radius 1 is 1.35 bits per heavy atom. The van der Waals surface area contributed by atoms with Crippen molar-refractivity contribution < 1.29 is 4.79 Å². The van der Waals surface area contributed by atoms with Gasteiger partial charge in [-0.05, 0) is 62.0 Å². The highest BCUT2D eigenvalue weighted by Gasteiger charge is 2.18. The van der Waals surface area contributed by atoms with Crippen LogP contribution >= 0.6 is 54.8 Å². The van der Waals surface area contributed by atoms with Crippen LogP contribution in [0.2, 0.25) is 5.02 Å². The van der Waals surface area contributed by atoms with Gasteiger partial charge in [-0.25, -0.2) is 0 Å². The zero-order chi connectivity index (χ0) is 14.7. The quantitative estimate of drug-likeness (QED) is 0.643. The number of rotatable bonds is 4. The molecular formula is C14H12Br2ClNOS. The molecule has 0 bridgehead atoms. The molecule has 0 aliphatic carbocycles. The molecule has 1 amide bonds. The Morgan fingerprint density at radius 2 is 2.00 bits per heavy atom. The van der Waals surface area contributed by atoms with Crippen molar-refractivity contribution in [2.24, 2.45) is 0 Å². The molecule has 0 spiro atoms. The zero-order valence-corrected chi connectivity index (χ0v) is 15.4. The van der Waals surface area contributed by atoms with Crippen molar-refractivity contribution in [2.75, 3.05) is 0 Å². The molecule has 2 nitrogen and oxygen atoms in total. The first-order valence-electron chi connectivity index (χ1n) is 6.02. The summed E-state index contributed by atoms with van der Waals surface area (Å²) in [7, 11) is 0. The van der Waals surface area contributed by atoms with Gasteiger partial charge in [-0.15, -0.1) is 11.3 Å². The van der Waals surface area contributed by atoms with E-state index in [4.69, 9.17) is 11.6 Å². The summed E-state index contributed by atoms with van der Waals surface area (Å²) < 4.78 is 1.75. The van der Waals surface area contributed by atoms with E-state index < -0.39 is 0 Å². The molecule has 106 valence electrons. The molecule has 1 aromatic heterocycles. The minimum atomic E-state index is -0.0828. The van der Waals surface area contributed by atoms with E-state index in [0.717, 1.165) is 19.6 Å². The number of benzene rings is 1. The first-order valence-corrected chi connectivity index (χ1v) is 8.80. The average molecular weight is 438 g/mol. The Balaban J connectivity index is 2.16. The van der Waals surface area contributed by atoms with E-state index in [1.807, 2.05) is 37.3 Å². The fourth-order valence-corrected chi connectivity index (χ4v) is 4.77. The topological polar surface area (TPSA) is 29.1 Å². The largest absolute Gasteiger partial charge is 0.345 e. The highest BCUT2D eigenvalue weighted by atomic mass is 79.9. The maximum atomic E-state index is 12.3. The SMILES string of the molecule is CCC(NC(=O)c1cc(Br)sc1Br)c1ccc(Cl)cc1. The summed E-state index contributed by atoms with van der Waals surface area (Å²) in [4.78, 5) is 12.3. The van der Waals surface area contributed by atoms with Gasteiger partial charge in [0.1, 0.15) is 0 Å². The molecule has 1 atom stereocenters. The van der Waals surface area contributed by atoms with Crippen LogP contribution in [0.5, 0.6) is 0 Å². The maximum Gasteiger partial charge on any atom is 0.253 e. The van der Waals surface area contributed by atoms with Crippen LogP contribution in [0.3, 0.4) is 0 Å². The molecule has 20 heavy (non-hydrogen) atoms. The van der Waals surface area contributed by atoms with Crippen LogP contribution in [-0.2, 0) is 0 Å². The average Bonchev–Trinajstić information content (AvgIpc) is 2.76. The van der Waals surface area contributed by atoms with Crippen molar-refractivity contribution in [1.82, 2.24) is 5.32 Å². The van der Waals surface area contributed by atoms with Crippen LogP contribution in [0.1, 0.15) is 35.3 Å². The smallest absolute Gasteiger partial charge is 0.253 e. The fourth-order valence-electron chi connectivity index (χ4n) is 1.85. The van der Waals surface area contributed by atoms with E-state index in [-0.39, 0.29) is 11.9 Å². The highest BCUT2D eigenvalue weighted by molar-refractivity contribution is 9.12. The Morgan fingerprint density at radius 3 is 2.50 bits per heavy atom. The number of amides is 1. The monoisotopic (exact) mass is 435 g/mol. The number of halogens is 3. The van der Waals surface area contributed by atoms with E-state index in [2.05, 4.69) is 37.2 Å². The van der Waals surface area contributed by atoms with Crippen molar-refractivity contribution in [3.05, 3.63) is 54.1 Å². The second kappa shape index (κ2) is 7.07. The van der Waals surface area contributed by atoms with Crippen LogP contribution in [-0.4, -0.2) is 5.91 Å². The molecule has 0 fully saturated rings. The normalized spacial score (nSPS) is 12.2. The van der Waals surface area contributed by atoms with Crippen molar-refractivity contribution in [3.8, 4) is 0 Å². The van der Waals surface area contributed by atoms with Gasteiger partial charge >= 0.3 is 0 Å². The summed E-state index contributed by atoms with van der Waals surface area (Å²) in [5.74, 6) is -0.0828. The number of nitrogens with one attached hydrogen (secondary N) is 1. The number of carbonyl (C=O) groups is 1. The van der Waals surface area contributed by atoms with Gasteiger partial charge in [0.2, 0.25) is 0 Å². The summed E-state index contributed by atoms with van der Waals surface area (Å²) in [6, 6.07) is 9.35. The van der Waals surface area contributed by atoms with Crippen LogP contribution in [0.15, 0.2) is 37.9 Å². The molecule has 6 heteroatoms. The number of thiophene rings is 1. The zero-order valence-electron chi connectivity index (χ0n) is 10.6. The predicted molar refractivity (Wildman–Crippen MR) is 91.7 cm³/mol. The van der Waals surface area contributed by atoms with Crippen LogP contribution < -0.4 is 5.32 Å². The van der Waals surface area contributed by atoms with Gasteiger partial charge in [0.05, 0.1) is 19.2 Å². The predicted octanol–water partition coefficient (Wildman–Crippen LogP) is 5.81. The van der Waals surface area contributed by atoms with E-state index in [0.29, 0.717) is 10.6 Å². The summed E-state index contributed by atoms with van der Waals surface area (Å²) in [5.41, 5.74) is 1.70. The van der Waals surface area contributed by atoms with Gasteiger partial charge in [-0.3, -0.25) is 4.79 Å². The van der Waals surface area contributed by atoms with Crippen LogP contribution in [0.4, 0.5) is 0 Å². The van der Waals surface area contributed by atoms with E-state index in [1.54, 1.807) is 0 Å². The Hall–Kier alpha value is -0.360. The lowest BCUT2D eigenvalue weighted by atomic mass is 10.0. The lowest BCUT2D eigenvalue weighted by molar-refractivity contribution is 0.0935. The summed E-state index contributed by atoms with van der Waals surface area (Å²) in [5, 5.41) is 3.74. The van der Waals surface area contributed by atoms with Crippen molar-refractivity contribution >= 4 is 60.7 Å². The Kier molecular flexibility index (Phi) is 5.66. The molecule has 1 heterocycles. The lowest BCUT2D eigenvalue weighted by Gasteiger charge is -2.17. The molecular weight excluding hydrogens is 425 g/mol. The fraction of sp³-hybridized carbons (Fsp3) is 0.214. The molecule has 2 aromatic rings. The van der Waals surface area contributed by atoms with Crippen molar-refractivity contribution in [2.45, 2.75) is 19.4 Å². The van der Waals surface area contributed by atoms with E-state index >= 15 is 0 Å². The summed E-state index contributed by atoms with van der Waals surface area (Å²) >= 11 is 14.2. The third-order valence-corrected chi connectivity index (χ3v) is 5.48. The Bertz CT molecular complexity index is 612. The minimum Gasteiger partial charge on any atom is -0.345 e. The molecule has 0 aliphatic rings. The van der Waals surface area contributed by atoms with Gasteiger partial charge < -0.3 is 5.32 Å². The standard InChI is InChI=1S/C14H12Br2ClNOS/c1-2-11(8-3-5-9(17)6-4-8)18-14(19)10-7-12(15)20-13(10)16/h3-7,11H,2H2,1H3,(H,18,19). The minimum absolute atomic E-state index is 0.0228. The molecule has 1 aromatic carbocycles. The van der Waals surface area contributed by atoms with E-state index in [9.17, 15) is 4.79 Å². The van der Waals surface area contributed by atoms with Gasteiger partial charge in [0.15, 0.2) is 0 Å². The van der Waals surface area contributed by atoms with Crippen molar-refractivity contribution in [1.29, 1.82) is 0 Å². The first-order chi connectivity index (χ1) is 9.51. The number of hydrogen-bond donors (Lipinski definition) is 1. The molecule has 2 rings (SSSR count). The molecule has 0 radical (unpaired) electrons.